The molecule has 5 nitrogen and oxygen atoms in total. The molecule has 2 amide bonds. The number of carbonyl (C=O) groups excluding carboxylic acids is 2. The van der Waals surface area contributed by atoms with Gasteiger partial charge >= 0.3 is 6.03 Å². The van der Waals surface area contributed by atoms with Gasteiger partial charge in [0.1, 0.15) is 5.75 Å². The summed E-state index contributed by atoms with van der Waals surface area (Å²) < 4.78 is 5.06. The van der Waals surface area contributed by atoms with Gasteiger partial charge in [-0.25, -0.2) is 4.79 Å². The molecule has 0 unspecified atom stereocenters. The van der Waals surface area contributed by atoms with Crippen molar-refractivity contribution in [1.29, 1.82) is 0 Å². The van der Waals surface area contributed by atoms with Crippen LogP contribution < -0.4 is 15.4 Å². The molecule has 0 saturated heterocycles. The molecule has 2 rings (SSSR count). The summed E-state index contributed by atoms with van der Waals surface area (Å²) in [5, 5.41) is 6.08. The predicted octanol–water partition coefficient (Wildman–Crippen LogP) is 4.13. The van der Waals surface area contributed by atoms with Gasteiger partial charge in [0.25, 0.3) is 0 Å². The van der Waals surface area contributed by atoms with Gasteiger partial charge in [0.15, 0.2) is 6.61 Å². The standard InChI is InChI=1S/C15H11Cl2N2O3/c16-10-1-6-14(13(17)9-10)19-15(21)18-11-2-4-12(5-3-11)22-8-7-20/h1-6,9H,8H2,(H2,18,19,21). The zero-order chi connectivity index (χ0) is 15.9. The van der Waals surface area contributed by atoms with Gasteiger partial charge in [0, 0.05) is 10.7 Å². The van der Waals surface area contributed by atoms with Crippen molar-refractivity contribution in [2.45, 2.75) is 0 Å². The highest BCUT2D eigenvalue weighted by atomic mass is 35.5. The summed E-state index contributed by atoms with van der Waals surface area (Å²) in [6, 6.07) is 10.9. The van der Waals surface area contributed by atoms with Crippen LogP contribution in [0.2, 0.25) is 10.0 Å². The number of urea groups is 1. The monoisotopic (exact) mass is 337 g/mol. The Morgan fingerprint density at radius 1 is 1.09 bits per heavy atom. The summed E-state index contributed by atoms with van der Waals surface area (Å²) in [6.45, 7) is -0.137. The third-order valence-corrected chi connectivity index (χ3v) is 3.14. The number of amides is 2. The van der Waals surface area contributed by atoms with Crippen LogP contribution >= 0.6 is 23.2 Å². The largest absolute Gasteiger partial charge is 0.485 e. The lowest BCUT2D eigenvalue weighted by atomic mass is 10.3. The fraction of sp³-hybridized carbons (Fsp3) is 0.0667. The van der Waals surface area contributed by atoms with Gasteiger partial charge in [-0.2, -0.15) is 0 Å². The fourth-order valence-electron chi connectivity index (χ4n) is 1.62. The summed E-state index contributed by atoms with van der Waals surface area (Å²) in [7, 11) is 0. The molecule has 0 saturated carbocycles. The molecule has 22 heavy (non-hydrogen) atoms. The summed E-state index contributed by atoms with van der Waals surface area (Å²) >= 11 is 11.8. The number of hydrogen-bond acceptors (Lipinski definition) is 3. The molecule has 0 fully saturated rings. The minimum Gasteiger partial charge on any atom is -0.485 e. The molecule has 0 aliphatic rings. The molecule has 0 heterocycles. The lowest BCUT2D eigenvalue weighted by Gasteiger charge is -2.10. The van der Waals surface area contributed by atoms with Gasteiger partial charge in [-0.15, -0.1) is 0 Å². The van der Waals surface area contributed by atoms with Crippen molar-refractivity contribution in [3.8, 4) is 5.75 Å². The molecular formula is C15H11Cl2N2O3. The predicted molar refractivity (Wildman–Crippen MR) is 86.7 cm³/mol. The first-order chi connectivity index (χ1) is 10.6. The topological polar surface area (TPSA) is 67.4 Å². The van der Waals surface area contributed by atoms with Gasteiger partial charge in [0.05, 0.1) is 10.7 Å². The number of carbonyl (C=O) groups is 1. The Labute approximate surface area is 137 Å². The Bertz CT molecular complexity index is 675. The summed E-state index contributed by atoms with van der Waals surface area (Å²) in [6.07, 6.45) is 1.63. The highest BCUT2D eigenvalue weighted by Crippen LogP contribution is 2.25. The minimum atomic E-state index is -0.445. The Balaban J connectivity index is 1.95. The third-order valence-electron chi connectivity index (χ3n) is 2.59. The Morgan fingerprint density at radius 3 is 2.45 bits per heavy atom. The Kier molecular flexibility index (Phi) is 5.63. The number of benzene rings is 2. The van der Waals surface area contributed by atoms with Crippen molar-refractivity contribution < 1.29 is 14.3 Å². The number of rotatable bonds is 5. The van der Waals surface area contributed by atoms with E-state index in [0.29, 0.717) is 27.2 Å². The van der Waals surface area contributed by atoms with Crippen LogP contribution in [0, 0.1) is 0 Å². The second kappa shape index (κ2) is 7.68. The van der Waals surface area contributed by atoms with Crippen LogP contribution in [0.4, 0.5) is 16.2 Å². The smallest absolute Gasteiger partial charge is 0.323 e. The van der Waals surface area contributed by atoms with E-state index in [4.69, 9.17) is 27.9 Å². The fourth-order valence-corrected chi connectivity index (χ4v) is 2.08. The first-order valence-electron chi connectivity index (χ1n) is 6.19. The number of nitrogens with one attached hydrogen (secondary N) is 2. The molecule has 1 radical (unpaired) electrons. The maximum Gasteiger partial charge on any atom is 0.323 e. The molecule has 0 bridgehead atoms. The van der Waals surface area contributed by atoms with E-state index in [2.05, 4.69) is 10.6 Å². The summed E-state index contributed by atoms with van der Waals surface area (Å²) in [5.41, 5.74) is 1.01. The van der Waals surface area contributed by atoms with Crippen molar-refractivity contribution in [3.05, 3.63) is 52.5 Å². The lowest BCUT2D eigenvalue weighted by molar-refractivity contribution is 0.262. The molecule has 7 heteroatoms. The molecular weight excluding hydrogens is 327 g/mol. The van der Waals surface area contributed by atoms with Crippen molar-refractivity contribution in [1.82, 2.24) is 0 Å². The average Bonchev–Trinajstić information content (AvgIpc) is 2.49. The SMILES string of the molecule is O=[C]COc1ccc(NC(=O)Nc2ccc(Cl)cc2Cl)cc1. The summed E-state index contributed by atoms with van der Waals surface area (Å²) in [5.74, 6) is 0.509. The van der Waals surface area contributed by atoms with E-state index in [9.17, 15) is 9.59 Å². The second-order valence-corrected chi connectivity index (χ2v) is 5.00. The molecule has 0 aromatic heterocycles. The van der Waals surface area contributed by atoms with Crippen LogP contribution in [0.25, 0.3) is 0 Å². The van der Waals surface area contributed by atoms with Gasteiger partial charge in [-0.1, -0.05) is 23.2 Å². The Morgan fingerprint density at radius 2 is 1.82 bits per heavy atom. The lowest BCUT2D eigenvalue weighted by Crippen LogP contribution is -2.19. The first kappa shape index (κ1) is 16.1. The Hall–Kier alpha value is -2.24. The van der Waals surface area contributed by atoms with E-state index in [1.54, 1.807) is 42.7 Å². The van der Waals surface area contributed by atoms with E-state index in [1.807, 2.05) is 0 Å². The maximum atomic E-state index is 11.9. The first-order valence-corrected chi connectivity index (χ1v) is 6.95. The second-order valence-electron chi connectivity index (χ2n) is 4.16. The molecule has 2 aromatic rings. The van der Waals surface area contributed by atoms with Gasteiger partial charge in [-0.05, 0) is 42.5 Å². The van der Waals surface area contributed by atoms with Gasteiger partial charge in [-0.3, -0.25) is 4.79 Å². The van der Waals surface area contributed by atoms with Gasteiger partial charge < -0.3 is 15.4 Å². The normalized spacial score (nSPS) is 9.91. The van der Waals surface area contributed by atoms with Crippen LogP contribution in [0.15, 0.2) is 42.5 Å². The van der Waals surface area contributed by atoms with E-state index in [0.717, 1.165) is 0 Å². The molecule has 0 aliphatic heterocycles. The molecule has 2 N–H and O–H groups in total. The van der Waals surface area contributed by atoms with Crippen molar-refractivity contribution in [3.63, 3.8) is 0 Å². The molecule has 2 aromatic carbocycles. The quantitative estimate of drug-likeness (QED) is 0.861. The number of ether oxygens (including phenoxy) is 1. The zero-order valence-corrected chi connectivity index (χ0v) is 12.7. The van der Waals surface area contributed by atoms with Crippen LogP contribution in [0.1, 0.15) is 0 Å². The van der Waals surface area contributed by atoms with E-state index in [-0.39, 0.29) is 6.61 Å². The maximum absolute atomic E-state index is 11.9. The highest BCUT2D eigenvalue weighted by Gasteiger charge is 2.06. The molecule has 0 atom stereocenters. The van der Waals surface area contributed by atoms with E-state index < -0.39 is 6.03 Å². The van der Waals surface area contributed by atoms with E-state index in [1.165, 1.54) is 6.07 Å². The van der Waals surface area contributed by atoms with Gasteiger partial charge in [0.2, 0.25) is 6.29 Å². The van der Waals surface area contributed by atoms with Crippen LogP contribution in [0.3, 0.4) is 0 Å². The third kappa shape index (κ3) is 4.65. The van der Waals surface area contributed by atoms with Crippen LogP contribution in [-0.4, -0.2) is 18.9 Å². The highest BCUT2D eigenvalue weighted by molar-refractivity contribution is 6.36. The van der Waals surface area contributed by atoms with E-state index >= 15 is 0 Å². The van der Waals surface area contributed by atoms with Crippen molar-refractivity contribution in [2.75, 3.05) is 17.2 Å². The number of hydrogen-bond donors (Lipinski definition) is 2. The number of anilines is 2. The molecule has 113 valence electrons. The van der Waals surface area contributed by atoms with Crippen LogP contribution in [0.5, 0.6) is 5.75 Å². The van der Waals surface area contributed by atoms with Crippen molar-refractivity contribution in [2.24, 2.45) is 0 Å². The zero-order valence-electron chi connectivity index (χ0n) is 11.2. The van der Waals surface area contributed by atoms with Crippen LogP contribution in [-0.2, 0) is 4.79 Å². The molecule has 0 aliphatic carbocycles. The average molecular weight is 338 g/mol. The summed E-state index contributed by atoms with van der Waals surface area (Å²) in [4.78, 5) is 22.0. The molecule has 0 spiro atoms. The van der Waals surface area contributed by atoms with Crippen molar-refractivity contribution >= 4 is 46.9 Å². The minimum absolute atomic E-state index is 0.137. The number of halogens is 2.